The van der Waals surface area contributed by atoms with Gasteiger partial charge in [-0.1, -0.05) is 17.3 Å². The van der Waals surface area contributed by atoms with Gasteiger partial charge in [0.05, 0.1) is 0 Å². The van der Waals surface area contributed by atoms with Crippen molar-refractivity contribution in [2.24, 2.45) is 5.16 Å². The molecule has 0 bridgehead atoms. The zero-order valence-corrected chi connectivity index (χ0v) is 8.36. The van der Waals surface area contributed by atoms with Gasteiger partial charge < -0.3 is 9.94 Å². The van der Waals surface area contributed by atoms with Crippen molar-refractivity contribution >= 4 is 20.6 Å². The van der Waals surface area contributed by atoms with Crippen LogP contribution in [0.1, 0.15) is 18.1 Å². The molecule has 0 aromatic heterocycles. The highest BCUT2D eigenvalue weighted by atomic mass is 79.9. The third kappa shape index (κ3) is 1.83. The van der Waals surface area contributed by atoms with Crippen LogP contribution in [-0.2, 0) is 4.84 Å². The fourth-order valence-electron chi connectivity index (χ4n) is 1.22. The van der Waals surface area contributed by atoms with Crippen LogP contribution in [0.15, 0.2) is 29.4 Å². The van der Waals surface area contributed by atoms with Crippen molar-refractivity contribution in [3.63, 3.8) is 0 Å². The zero-order chi connectivity index (χ0) is 9.26. The Bertz CT molecular complexity index is 334. The van der Waals surface area contributed by atoms with Crippen LogP contribution in [0, 0.1) is 0 Å². The summed E-state index contributed by atoms with van der Waals surface area (Å²) in [5, 5.41) is 12.9. The standard InChI is InChI=1S/C9H8BrNO2/c10-9-5-8(13-11-9)6-1-3-7(12)4-2-6/h1-4,8,12H,5H2/t8-/m1/s1. The summed E-state index contributed by atoms with van der Waals surface area (Å²) in [6.45, 7) is 0. The van der Waals surface area contributed by atoms with Crippen molar-refractivity contribution in [1.82, 2.24) is 0 Å². The van der Waals surface area contributed by atoms with Gasteiger partial charge in [0.2, 0.25) is 0 Å². The van der Waals surface area contributed by atoms with Gasteiger partial charge in [-0.15, -0.1) is 0 Å². The molecule has 1 atom stereocenters. The molecular formula is C9H8BrNO2. The van der Waals surface area contributed by atoms with Gasteiger partial charge in [-0.05, 0) is 33.6 Å². The Morgan fingerprint density at radius 1 is 1.38 bits per heavy atom. The summed E-state index contributed by atoms with van der Waals surface area (Å²) < 4.78 is 0.825. The normalized spacial score (nSPS) is 21.0. The van der Waals surface area contributed by atoms with Crippen molar-refractivity contribution in [3.8, 4) is 5.75 Å². The Labute approximate surface area is 84.1 Å². The zero-order valence-electron chi connectivity index (χ0n) is 6.77. The van der Waals surface area contributed by atoms with E-state index in [9.17, 15) is 0 Å². The van der Waals surface area contributed by atoms with Gasteiger partial charge in [-0.3, -0.25) is 0 Å². The second kappa shape index (κ2) is 3.38. The maximum atomic E-state index is 9.07. The number of phenolic OH excluding ortho intramolecular Hbond substituents is 1. The van der Waals surface area contributed by atoms with Gasteiger partial charge in [-0.2, -0.15) is 0 Å². The third-order valence-electron chi connectivity index (χ3n) is 1.90. The minimum Gasteiger partial charge on any atom is -0.508 e. The van der Waals surface area contributed by atoms with Gasteiger partial charge in [0.25, 0.3) is 0 Å². The van der Waals surface area contributed by atoms with Gasteiger partial charge in [0, 0.05) is 6.42 Å². The first kappa shape index (κ1) is 8.56. The summed E-state index contributed by atoms with van der Waals surface area (Å²) in [5.74, 6) is 0.265. The number of hydrogen-bond donors (Lipinski definition) is 1. The monoisotopic (exact) mass is 241 g/mol. The van der Waals surface area contributed by atoms with E-state index >= 15 is 0 Å². The fourth-order valence-corrected chi connectivity index (χ4v) is 1.59. The number of phenols is 1. The molecule has 3 nitrogen and oxygen atoms in total. The van der Waals surface area contributed by atoms with Crippen molar-refractivity contribution in [3.05, 3.63) is 29.8 Å². The summed E-state index contributed by atoms with van der Waals surface area (Å²) in [6.07, 6.45) is 0.736. The molecule has 1 aliphatic heterocycles. The highest BCUT2D eigenvalue weighted by Crippen LogP contribution is 2.29. The molecule has 1 N–H and O–H groups in total. The minimum absolute atomic E-state index is 0.0185. The lowest BCUT2D eigenvalue weighted by Crippen LogP contribution is -1.95. The number of aromatic hydroxyl groups is 1. The Morgan fingerprint density at radius 2 is 2.08 bits per heavy atom. The molecular weight excluding hydrogens is 234 g/mol. The fraction of sp³-hybridized carbons (Fsp3) is 0.222. The van der Waals surface area contributed by atoms with Crippen molar-refractivity contribution in [1.29, 1.82) is 0 Å². The van der Waals surface area contributed by atoms with Crippen molar-refractivity contribution in [2.75, 3.05) is 0 Å². The van der Waals surface area contributed by atoms with E-state index < -0.39 is 0 Å². The van der Waals surface area contributed by atoms with Crippen LogP contribution in [0.4, 0.5) is 0 Å². The molecule has 0 saturated heterocycles. The molecule has 1 aromatic carbocycles. The van der Waals surface area contributed by atoms with E-state index in [-0.39, 0.29) is 11.9 Å². The molecule has 2 rings (SSSR count). The predicted molar refractivity (Wildman–Crippen MR) is 52.9 cm³/mol. The molecule has 0 fully saturated rings. The van der Waals surface area contributed by atoms with E-state index in [1.165, 1.54) is 0 Å². The van der Waals surface area contributed by atoms with Gasteiger partial charge in [0.15, 0.2) is 6.10 Å². The van der Waals surface area contributed by atoms with E-state index in [1.54, 1.807) is 12.1 Å². The molecule has 0 unspecified atom stereocenters. The average Bonchev–Trinajstić information content (AvgIpc) is 2.53. The molecule has 1 heterocycles. The van der Waals surface area contributed by atoms with Gasteiger partial charge >= 0.3 is 0 Å². The van der Waals surface area contributed by atoms with Crippen LogP contribution in [0.25, 0.3) is 0 Å². The quantitative estimate of drug-likeness (QED) is 0.822. The molecule has 0 radical (unpaired) electrons. The Morgan fingerprint density at radius 3 is 2.62 bits per heavy atom. The SMILES string of the molecule is Oc1ccc([C@H]2CC(Br)=NO2)cc1. The maximum Gasteiger partial charge on any atom is 0.158 e. The van der Waals surface area contributed by atoms with E-state index in [1.807, 2.05) is 12.1 Å². The van der Waals surface area contributed by atoms with E-state index in [4.69, 9.17) is 9.94 Å². The molecule has 68 valence electrons. The van der Waals surface area contributed by atoms with Crippen molar-refractivity contribution < 1.29 is 9.94 Å². The van der Waals surface area contributed by atoms with Gasteiger partial charge in [0.1, 0.15) is 10.4 Å². The first-order valence-electron chi connectivity index (χ1n) is 3.93. The number of benzene rings is 1. The summed E-state index contributed by atoms with van der Waals surface area (Å²) >= 11 is 3.27. The van der Waals surface area contributed by atoms with Crippen LogP contribution in [0.5, 0.6) is 5.75 Å². The highest BCUT2D eigenvalue weighted by molar-refractivity contribution is 9.18. The topological polar surface area (TPSA) is 41.8 Å². The van der Waals surface area contributed by atoms with Crippen LogP contribution in [0.2, 0.25) is 0 Å². The minimum atomic E-state index is -0.0185. The van der Waals surface area contributed by atoms with E-state index in [0.717, 1.165) is 16.6 Å². The Hall–Kier alpha value is -1.03. The number of nitrogens with zero attached hydrogens (tertiary/aromatic N) is 1. The second-order valence-electron chi connectivity index (χ2n) is 2.86. The largest absolute Gasteiger partial charge is 0.508 e. The molecule has 0 saturated carbocycles. The summed E-state index contributed by atoms with van der Waals surface area (Å²) in [5.41, 5.74) is 1.02. The number of oxime groups is 1. The molecule has 0 amide bonds. The van der Waals surface area contributed by atoms with Crippen LogP contribution in [-0.4, -0.2) is 9.73 Å². The van der Waals surface area contributed by atoms with Crippen LogP contribution >= 0.6 is 15.9 Å². The molecule has 0 spiro atoms. The van der Waals surface area contributed by atoms with E-state index in [2.05, 4.69) is 21.1 Å². The molecule has 4 heteroatoms. The number of halogens is 1. The van der Waals surface area contributed by atoms with Crippen molar-refractivity contribution in [2.45, 2.75) is 12.5 Å². The molecule has 0 aliphatic carbocycles. The first-order chi connectivity index (χ1) is 6.25. The maximum absolute atomic E-state index is 9.07. The molecule has 13 heavy (non-hydrogen) atoms. The van der Waals surface area contributed by atoms with Crippen LogP contribution < -0.4 is 0 Å². The summed E-state index contributed by atoms with van der Waals surface area (Å²) in [6, 6.07) is 6.96. The molecule has 1 aromatic rings. The lowest BCUT2D eigenvalue weighted by atomic mass is 10.1. The lowest BCUT2D eigenvalue weighted by Gasteiger charge is -2.07. The third-order valence-corrected chi connectivity index (χ3v) is 2.37. The van der Waals surface area contributed by atoms with Crippen LogP contribution in [0.3, 0.4) is 0 Å². The van der Waals surface area contributed by atoms with E-state index in [0.29, 0.717) is 0 Å². The van der Waals surface area contributed by atoms with Gasteiger partial charge in [-0.25, -0.2) is 0 Å². The average molecular weight is 242 g/mol. The Kier molecular flexibility index (Phi) is 2.22. The number of rotatable bonds is 1. The second-order valence-corrected chi connectivity index (χ2v) is 3.77. The highest BCUT2D eigenvalue weighted by Gasteiger charge is 2.20. The lowest BCUT2D eigenvalue weighted by molar-refractivity contribution is 0.0857. The first-order valence-corrected chi connectivity index (χ1v) is 4.72. The smallest absolute Gasteiger partial charge is 0.158 e. The number of hydrogen-bond acceptors (Lipinski definition) is 3. The predicted octanol–water partition coefficient (Wildman–Crippen LogP) is 2.56. The molecule has 1 aliphatic rings. The Balaban J connectivity index is 2.14. The summed E-state index contributed by atoms with van der Waals surface area (Å²) in [7, 11) is 0. The summed E-state index contributed by atoms with van der Waals surface area (Å²) in [4.78, 5) is 5.15.